The Labute approximate surface area is 106 Å². The van der Waals surface area contributed by atoms with E-state index in [1.807, 2.05) is 12.1 Å². The number of amides is 2. The van der Waals surface area contributed by atoms with Crippen molar-refractivity contribution >= 4 is 11.7 Å². The first-order valence-electron chi connectivity index (χ1n) is 6.09. The summed E-state index contributed by atoms with van der Waals surface area (Å²) in [5.41, 5.74) is 0.657. The van der Waals surface area contributed by atoms with E-state index in [2.05, 4.69) is 10.6 Å². The Morgan fingerprint density at radius 1 is 1.50 bits per heavy atom. The van der Waals surface area contributed by atoms with E-state index in [0.717, 1.165) is 19.4 Å². The van der Waals surface area contributed by atoms with Crippen molar-refractivity contribution in [3.8, 4) is 5.75 Å². The van der Waals surface area contributed by atoms with Crippen molar-refractivity contribution in [2.24, 2.45) is 0 Å². The van der Waals surface area contributed by atoms with Gasteiger partial charge in [0.1, 0.15) is 5.75 Å². The molecule has 5 heteroatoms. The Morgan fingerprint density at radius 2 is 2.33 bits per heavy atom. The Bertz CT molecular complexity index is 403. The van der Waals surface area contributed by atoms with Gasteiger partial charge in [-0.1, -0.05) is 12.1 Å². The van der Waals surface area contributed by atoms with Crippen molar-refractivity contribution in [2.75, 3.05) is 25.6 Å². The maximum absolute atomic E-state index is 11.7. The van der Waals surface area contributed by atoms with E-state index in [1.54, 1.807) is 19.2 Å². The van der Waals surface area contributed by atoms with Gasteiger partial charge in [-0.3, -0.25) is 0 Å². The van der Waals surface area contributed by atoms with E-state index in [9.17, 15) is 4.79 Å². The number of hydrogen-bond acceptors (Lipinski definition) is 3. The Hall–Kier alpha value is -1.75. The summed E-state index contributed by atoms with van der Waals surface area (Å²) in [6.07, 6.45) is 2.23. The monoisotopic (exact) mass is 250 g/mol. The molecule has 98 valence electrons. The van der Waals surface area contributed by atoms with Crippen molar-refractivity contribution in [3.05, 3.63) is 24.3 Å². The highest BCUT2D eigenvalue weighted by atomic mass is 16.5. The lowest BCUT2D eigenvalue weighted by Gasteiger charge is -2.13. The minimum absolute atomic E-state index is 0.147. The topological polar surface area (TPSA) is 59.6 Å². The van der Waals surface area contributed by atoms with Crippen LogP contribution in [0.3, 0.4) is 0 Å². The number of carbonyl (C=O) groups excluding carboxylic acids is 1. The van der Waals surface area contributed by atoms with Gasteiger partial charge in [0.25, 0.3) is 0 Å². The predicted molar refractivity (Wildman–Crippen MR) is 69.0 cm³/mol. The van der Waals surface area contributed by atoms with E-state index >= 15 is 0 Å². The molecular weight excluding hydrogens is 232 g/mol. The van der Waals surface area contributed by atoms with Gasteiger partial charge in [-0.05, 0) is 25.0 Å². The van der Waals surface area contributed by atoms with E-state index < -0.39 is 0 Å². The number of anilines is 1. The standard InChI is InChI=1S/C13H18N2O3/c1-17-12-7-3-2-6-11(12)15-13(16)14-9-10-5-4-8-18-10/h2-3,6-7,10H,4-5,8-9H2,1H3,(H2,14,15,16)/t10-/m0/s1. The lowest BCUT2D eigenvalue weighted by Crippen LogP contribution is -2.35. The molecular formula is C13H18N2O3. The van der Waals surface area contributed by atoms with Crippen LogP contribution in [0.5, 0.6) is 5.75 Å². The second kappa shape index (κ2) is 6.26. The molecule has 5 nitrogen and oxygen atoms in total. The summed E-state index contributed by atoms with van der Waals surface area (Å²) in [6, 6.07) is 7.06. The summed E-state index contributed by atoms with van der Waals surface area (Å²) in [6.45, 7) is 1.33. The van der Waals surface area contributed by atoms with Crippen molar-refractivity contribution in [3.63, 3.8) is 0 Å². The molecule has 1 fully saturated rings. The van der Waals surface area contributed by atoms with E-state index in [-0.39, 0.29) is 12.1 Å². The number of ether oxygens (including phenoxy) is 2. The van der Waals surface area contributed by atoms with Crippen LogP contribution in [0.2, 0.25) is 0 Å². The smallest absolute Gasteiger partial charge is 0.319 e. The maximum atomic E-state index is 11.7. The summed E-state index contributed by atoms with van der Waals surface area (Å²) in [4.78, 5) is 11.7. The second-order valence-corrected chi connectivity index (χ2v) is 4.17. The van der Waals surface area contributed by atoms with Crippen LogP contribution in [0.1, 0.15) is 12.8 Å². The average Bonchev–Trinajstić information content (AvgIpc) is 2.90. The van der Waals surface area contributed by atoms with Crippen LogP contribution in [-0.4, -0.2) is 32.4 Å². The minimum Gasteiger partial charge on any atom is -0.495 e. The lowest BCUT2D eigenvalue weighted by molar-refractivity contribution is 0.112. The number of methoxy groups -OCH3 is 1. The number of hydrogen-bond donors (Lipinski definition) is 2. The molecule has 1 aliphatic heterocycles. The summed E-state index contributed by atoms with van der Waals surface area (Å²) in [5.74, 6) is 0.643. The molecule has 1 heterocycles. The Kier molecular flexibility index (Phi) is 4.41. The highest BCUT2D eigenvalue weighted by molar-refractivity contribution is 5.90. The molecule has 2 amide bonds. The summed E-state index contributed by atoms with van der Waals surface area (Å²) >= 11 is 0. The van der Waals surface area contributed by atoms with Gasteiger partial charge in [-0.2, -0.15) is 0 Å². The second-order valence-electron chi connectivity index (χ2n) is 4.17. The molecule has 1 aromatic carbocycles. The molecule has 0 spiro atoms. The third-order valence-corrected chi connectivity index (χ3v) is 2.87. The molecule has 0 unspecified atom stereocenters. The van der Waals surface area contributed by atoms with Gasteiger partial charge >= 0.3 is 6.03 Å². The summed E-state index contributed by atoms with van der Waals surface area (Å²) < 4.78 is 10.6. The molecule has 1 aromatic rings. The fourth-order valence-electron chi connectivity index (χ4n) is 1.93. The molecule has 2 N–H and O–H groups in total. The van der Waals surface area contributed by atoms with Gasteiger partial charge < -0.3 is 20.1 Å². The first-order valence-corrected chi connectivity index (χ1v) is 6.09. The lowest BCUT2D eigenvalue weighted by atomic mass is 10.2. The van der Waals surface area contributed by atoms with Gasteiger partial charge in [0, 0.05) is 13.2 Å². The van der Waals surface area contributed by atoms with E-state index in [0.29, 0.717) is 18.0 Å². The maximum Gasteiger partial charge on any atom is 0.319 e. The highest BCUT2D eigenvalue weighted by Crippen LogP contribution is 2.22. The van der Waals surface area contributed by atoms with E-state index in [1.165, 1.54) is 0 Å². The fraction of sp³-hybridized carbons (Fsp3) is 0.462. The zero-order chi connectivity index (χ0) is 12.8. The summed E-state index contributed by atoms with van der Waals surface area (Å²) in [5, 5.41) is 5.55. The fourth-order valence-corrected chi connectivity index (χ4v) is 1.93. The number of carbonyl (C=O) groups is 1. The van der Waals surface area contributed by atoms with Crippen molar-refractivity contribution in [2.45, 2.75) is 18.9 Å². The molecule has 18 heavy (non-hydrogen) atoms. The minimum atomic E-state index is -0.241. The van der Waals surface area contributed by atoms with Gasteiger partial charge in [0.2, 0.25) is 0 Å². The first-order chi connectivity index (χ1) is 8.79. The first kappa shape index (κ1) is 12.7. The SMILES string of the molecule is COc1ccccc1NC(=O)NC[C@@H]1CCCO1. The van der Waals surface area contributed by atoms with Gasteiger partial charge in [0.05, 0.1) is 18.9 Å². The molecule has 1 aliphatic rings. The quantitative estimate of drug-likeness (QED) is 0.859. The Balaban J connectivity index is 1.82. The van der Waals surface area contributed by atoms with Crippen LogP contribution >= 0.6 is 0 Å². The Morgan fingerprint density at radius 3 is 3.06 bits per heavy atom. The number of nitrogens with one attached hydrogen (secondary N) is 2. The van der Waals surface area contributed by atoms with Crippen molar-refractivity contribution in [1.29, 1.82) is 0 Å². The molecule has 1 atom stereocenters. The van der Waals surface area contributed by atoms with Crippen LogP contribution in [0.4, 0.5) is 10.5 Å². The van der Waals surface area contributed by atoms with Crippen LogP contribution in [-0.2, 0) is 4.74 Å². The summed E-state index contributed by atoms with van der Waals surface area (Å²) in [7, 11) is 1.57. The normalized spacial score (nSPS) is 18.4. The molecule has 0 aromatic heterocycles. The average molecular weight is 250 g/mol. The van der Waals surface area contributed by atoms with Crippen molar-refractivity contribution in [1.82, 2.24) is 5.32 Å². The van der Waals surface area contributed by atoms with Gasteiger partial charge in [-0.25, -0.2) is 4.79 Å². The number of para-hydroxylation sites is 2. The zero-order valence-electron chi connectivity index (χ0n) is 10.4. The molecule has 0 bridgehead atoms. The molecule has 0 saturated carbocycles. The zero-order valence-corrected chi connectivity index (χ0v) is 10.4. The van der Waals surface area contributed by atoms with Crippen LogP contribution in [0.25, 0.3) is 0 Å². The number of benzene rings is 1. The van der Waals surface area contributed by atoms with Crippen LogP contribution in [0, 0.1) is 0 Å². The molecule has 0 radical (unpaired) electrons. The van der Waals surface area contributed by atoms with Crippen molar-refractivity contribution < 1.29 is 14.3 Å². The molecule has 1 saturated heterocycles. The van der Waals surface area contributed by atoms with E-state index in [4.69, 9.17) is 9.47 Å². The predicted octanol–water partition coefficient (Wildman–Crippen LogP) is 2.00. The van der Waals surface area contributed by atoms with Gasteiger partial charge in [0.15, 0.2) is 0 Å². The van der Waals surface area contributed by atoms with Crippen LogP contribution in [0.15, 0.2) is 24.3 Å². The highest BCUT2D eigenvalue weighted by Gasteiger charge is 2.16. The number of urea groups is 1. The van der Waals surface area contributed by atoms with Gasteiger partial charge in [-0.15, -0.1) is 0 Å². The third kappa shape index (κ3) is 3.37. The molecule has 2 rings (SSSR count). The van der Waals surface area contributed by atoms with Crippen LogP contribution < -0.4 is 15.4 Å². The molecule has 0 aliphatic carbocycles. The third-order valence-electron chi connectivity index (χ3n) is 2.87. The largest absolute Gasteiger partial charge is 0.495 e. The number of rotatable bonds is 4.